The van der Waals surface area contributed by atoms with E-state index in [1.807, 2.05) is 66.7 Å². The molecular weight excluding hydrogens is 306 g/mol. The van der Waals surface area contributed by atoms with Gasteiger partial charge in [0.25, 0.3) is 5.56 Å². The van der Waals surface area contributed by atoms with E-state index in [9.17, 15) is 4.79 Å². The second-order valence-electron chi connectivity index (χ2n) is 5.21. The topological polar surface area (TPSA) is 47.3 Å². The van der Waals surface area contributed by atoms with E-state index >= 15 is 0 Å². The van der Waals surface area contributed by atoms with E-state index in [0.717, 1.165) is 11.1 Å². The van der Waals surface area contributed by atoms with Gasteiger partial charge in [-0.2, -0.15) is 4.52 Å². The molecule has 0 aliphatic rings. The third-order valence-electron chi connectivity index (χ3n) is 3.53. The van der Waals surface area contributed by atoms with E-state index < -0.39 is 0 Å². The van der Waals surface area contributed by atoms with Gasteiger partial charge < -0.3 is 0 Å². The van der Waals surface area contributed by atoms with Crippen molar-refractivity contribution in [1.82, 2.24) is 14.6 Å². The zero-order valence-corrected chi connectivity index (χ0v) is 13.0. The Labute approximate surface area is 136 Å². The quantitative estimate of drug-likeness (QED) is 0.582. The average Bonchev–Trinajstić information content (AvgIpc) is 3.09. The number of nitrogens with zero attached hydrogens (tertiary/aromatic N) is 3. The first kappa shape index (κ1) is 13.8. The van der Waals surface area contributed by atoms with Gasteiger partial charge in [-0.15, -0.1) is 5.10 Å². The van der Waals surface area contributed by atoms with Crippen LogP contribution >= 0.6 is 11.3 Å². The molecule has 2 aromatic heterocycles. The van der Waals surface area contributed by atoms with E-state index in [0.29, 0.717) is 21.7 Å². The zero-order valence-electron chi connectivity index (χ0n) is 12.2. The third-order valence-corrected chi connectivity index (χ3v) is 4.49. The van der Waals surface area contributed by atoms with Crippen LogP contribution in [0.3, 0.4) is 0 Å². The highest BCUT2D eigenvalue weighted by molar-refractivity contribution is 7.15. The molecule has 0 aliphatic carbocycles. The van der Waals surface area contributed by atoms with Gasteiger partial charge in [-0.25, -0.2) is 4.98 Å². The van der Waals surface area contributed by atoms with E-state index in [2.05, 4.69) is 10.1 Å². The van der Waals surface area contributed by atoms with Crippen molar-refractivity contribution in [3.63, 3.8) is 0 Å². The van der Waals surface area contributed by atoms with Crippen LogP contribution in [0.2, 0.25) is 0 Å². The maximum absolute atomic E-state index is 12.4. The predicted octanol–water partition coefficient (Wildman–Crippen LogP) is 2.29. The fourth-order valence-electron chi connectivity index (χ4n) is 2.43. The van der Waals surface area contributed by atoms with Gasteiger partial charge >= 0.3 is 0 Å². The summed E-state index contributed by atoms with van der Waals surface area (Å²) in [6.45, 7) is 0. The number of benzene rings is 2. The molecule has 2 heterocycles. The van der Waals surface area contributed by atoms with Crippen LogP contribution in [0.5, 0.6) is 0 Å². The van der Waals surface area contributed by atoms with Crippen molar-refractivity contribution in [2.45, 2.75) is 6.42 Å². The minimum absolute atomic E-state index is 0.110. The fourth-order valence-corrected chi connectivity index (χ4v) is 3.35. The van der Waals surface area contributed by atoms with Crippen LogP contribution in [0.1, 0.15) is 17.0 Å². The van der Waals surface area contributed by atoms with Crippen LogP contribution < -0.4 is 10.1 Å². The molecular formula is C18H13N3OS. The second-order valence-corrected chi connectivity index (χ2v) is 6.22. The molecule has 4 aromatic rings. The number of aromatic nitrogens is 3. The number of thiazole rings is 1. The van der Waals surface area contributed by atoms with Crippen LogP contribution in [-0.2, 0) is 6.42 Å². The molecule has 0 amide bonds. The Bertz CT molecular complexity index is 1050. The summed E-state index contributed by atoms with van der Waals surface area (Å²) in [6.07, 6.45) is 2.51. The summed E-state index contributed by atoms with van der Waals surface area (Å²) in [5.74, 6) is 0.672. The van der Waals surface area contributed by atoms with Gasteiger partial charge in [0.1, 0.15) is 0 Å². The summed E-state index contributed by atoms with van der Waals surface area (Å²) in [6, 6.07) is 19.8. The van der Waals surface area contributed by atoms with Crippen LogP contribution in [0.25, 0.3) is 11.0 Å². The largest absolute Gasteiger partial charge is 0.291 e. The molecule has 23 heavy (non-hydrogen) atoms. The van der Waals surface area contributed by atoms with E-state index in [1.54, 1.807) is 0 Å². The van der Waals surface area contributed by atoms with E-state index in [1.165, 1.54) is 15.9 Å². The second kappa shape index (κ2) is 5.78. The van der Waals surface area contributed by atoms with Crippen molar-refractivity contribution in [3.8, 4) is 0 Å². The molecule has 5 heteroatoms. The molecule has 0 radical (unpaired) electrons. The first-order chi connectivity index (χ1) is 11.3. The van der Waals surface area contributed by atoms with E-state index in [4.69, 9.17) is 0 Å². The summed E-state index contributed by atoms with van der Waals surface area (Å²) in [5.41, 5.74) is 2.02. The maximum Gasteiger partial charge on any atom is 0.291 e. The van der Waals surface area contributed by atoms with Gasteiger partial charge in [0.15, 0.2) is 5.82 Å². The third kappa shape index (κ3) is 2.78. The lowest BCUT2D eigenvalue weighted by atomic mass is 10.1. The molecule has 0 N–H and O–H groups in total. The highest BCUT2D eigenvalue weighted by Crippen LogP contribution is 2.08. The van der Waals surface area contributed by atoms with E-state index in [-0.39, 0.29) is 5.56 Å². The summed E-state index contributed by atoms with van der Waals surface area (Å²) in [7, 11) is 0. The molecule has 4 rings (SSSR count). The number of rotatable bonds is 3. The molecule has 2 aromatic carbocycles. The molecule has 0 saturated carbocycles. The number of fused-ring (bicyclic) bond motifs is 1. The molecule has 0 spiro atoms. The summed E-state index contributed by atoms with van der Waals surface area (Å²) in [5, 5.41) is 4.35. The standard InChI is InChI=1S/C18H13N3OS/c22-17-15(11-13-7-3-1-4-8-13)23-18-19-16(20-21(17)18)12-14-9-5-2-6-10-14/h1-11H,12H2/b15-11-. The normalized spacial score (nSPS) is 12.1. The molecule has 0 fully saturated rings. The summed E-state index contributed by atoms with van der Waals surface area (Å²) < 4.78 is 2.05. The summed E-state index contributed by atoms with van der Waals surface area (Å²) >= 11 is 1.37. The van der Waals surface area contributed by atoms with Crippen LogP contribution in [0.4, 0.5) is 0 Å². The van der Waals surface area contributed by atoms with Crippen molar-refractivity contribution < 1.29 is 0 Å². The summed E-state index contributed by atoms with van der Waals surface area (Å²) in [4.78, 5) is 17.6. The van der Waals surface area contributed by atoms with Crippen LogP contribution in [0.15, 0.2) is 65.5 Å². The Morgan fingerprint density at radius 1 is 1.00 bits per heavy atom. The highest BCUT2D eigenvalue weighted by atomic mass is 32.1. The van der Waals surface area contributed by atoms with Crippen LogP contribution in [-0.4, -0.2) is 14.6 Å². The SMILES string of the molecule is O=c1/c(=C/c2ccccc2)sc2nc(Cc3ccccc3)nn12. The predicted molar refractivity (Wildman–Crippen MR) is 91.6 cm³/mol. The molecule has 0 aliphatic heterocycles. The van der Waals surface area contributed by atoms with Crippen molar-refractivity contribution in [1.29, 1.82) is 0 Å². The number of hydrogen-bond acceptors (Lipinski definition) is 4. The van der Waals surface area contributed by atoms with Crippen molar-refractivity contribution in [3.05, 3.63) is 92.5 Å². The first-order valence-corrected chi connectivity index (χ1v) is 8.10. The van der Waals surface area contributed by atoms with Crippen LogP contribution in [0, 0.1) is 0 Å². The lowest BCUT2D eigenvalue weighted by Crippen LogP contribution is -2.23. The zero-order chi connectivity index (χ0) is 15.6. The Hall–Kier alpha value is -2.79. The smallest absolute Gasteiger partial charge is 0.266 e. The monoisotopic (exact) mass is 319 g/mol. The van der Waals surface area contributed by atoms with Gasteiger partial charge in [-0.1, -0.05) is 72.0 Å². The Morgan fingerprint density at radius 2 is 1.70 bits per heavy atom. The highest BCUT2D eigenvalue weighted by Gasteiger charge is 2.10. The van der Waals surface area contributed by atoms with Crippen molar-refractivity contribution >= 4 is 22.4 Å². The van der Waals surface area contributed by atoms with Gasteiger partial charge in [-0.3, -0.25) is 4.79 Å². The van der Waals surface area contributed by atoms with Gasteiger partial charge in [0.05, 0.1) is 4.53 Å². The molecule has 0 atom stereocenters. The average molecular weight is 319 g/mol. The fraction of sp³-hybridized carbons (Fsp3) is 0.0556. The van der Waals surface area contributed by atoms with Gasteiger partial charge in [-0.05, 0) is 17.2 Å². The maximum atomic E-state index is 12.4. The molecule has 112 valence electrons. The number of hydrogen-bond donors (Lipinski definition) is 0. The molecule has 0 unspecified atom stereocenters. The van der Waals surface area contributed by atoms with Crippen molar-refractivity contribution in [2.75, 3.05) is 0 Å². The Balaban J connectivity index is 1.72. The molecule has 0 saturated heterocycles. The lowest BCUT2D eigenvalue weighted by molar-refractivity contribution is 0.879. The lowest BCUT2D eigenvalue weighted by Gasteiger charge is -1.94. The molecule has 4 nitrogen and oxygen atoms in total. The van der Waals surface area contributed by atoms with Gasteiger partial charge in [0.2, 0.25) is 4.96 Å². The first-order valence-electron chi connectivity index (χ1n) is 7.29. The molecule has 0 bridgehead atoms. The Kier molecular flexibility index (Phi) is 3.48. The minimum Gasteiger partial charge on any atom is -0.266 e. The van der Waals surface area contributed by atoms with Crippen molar-refractivity contribution in [2.24, 2.45) is 0 Å². The Morgan fingerprint density at radius 3 is 2.39 bits per heavy atom. The minimum atomic E-state index is -0.110. The van der Waals surface area contributed by atoms with Gasteiger partial charge in [0, 0.05) is 6.42 Å².